The second-order valence-corrected chi connectivity index (χ2v) is 4.40. The fraction of sp³-hybridized carbons (Fsp3) is 0.727. The van der Waals surface area contributed by atoms with Crippen LogP contribution in [0.25, 0.3) is 0 Å². The summed E-state index contributed by atoms with van der Waals surface area (Å²) in [4.78, 5) is 10.4. The number of hydrogen-bond donors (Lipinski definition) is 1. The molecule has 0 amide bonds. The maximum absolute atomic E-state index is 10.4. The molecular formula is C11H16N2O4. The number of aliphatic carboxylic acids is 1. The van der Waals surface area contributed by atoms with Gasteiger partial charge in [0.25, 0.3) is 0 Å². The summed E-state index contributed by atoms with van der Waals surface area (Å²) in [6.07, 6.45) is 4.09. The SMILES string of the molecule is COC1(Cc2nnc(CCC(=O)O)o2)CCC1. The standard InChI is InChI=1S/C11H16N2O4/c1-16-11(5-2-6-11)7-9-13-12-8(17-9)3-4-10(14)15/h2-7H2,1H3,(H,14,15). The number of methoxy groups -OCH3 is 1. The van der Waals surface area contributed by atoms with Gasteiger partial charge in [-0.25, -0.2) is 0 Å². The van der Waals surface area contributed by atoms with Gasteiger partial charge in [0.15, 0.2) is 0 Å². The molecule has 94 valence electrons. The smallest absolute Gasteiger partial charge is 0.303 e. The zero-order chi connectivity index (χ0) is 12.3. The van der Waals surface area contributed by atoms with Crippen LogP contribution in [-0.2, 0) is 22.4 Å². The zero-order valence-electron chi connectivity index (χ0n) is 9.81. The molecule has 6 heteroatoms. The maximum atomic E-state index is 10.4. The van der Waals surface area contributed by atoms with Crippen LogP contribution in [0.2, 0.25) is 0 Å². The van der Waals surface area contributed by atoms with Crippen LogP contribution in [0, 0.1) is 0 Å². The van der Waals surface area contributed by atoms with Crippen LogP contribution >= 0.6 is 0 Å². The van der Waals surface area contributed by atoms with Crippen molar-refractivity contribution < 1.29 is 19.1 Å². The molecule has 1 aliphatic carbocycles. The minimum Gasteiger partial charge on any atom is -0.481 e. The van der Waals surface area contributed by atoms with Gasteiger partial charge in [0.2, 0.25) is 11.8 Å². The Morgan fingerprint density at radius 3 is 2.71 bits per heavy atom. The normalized spacial score (nSPS) is 17.7. The van der Waals surface area contributed by atoms with Gasteiger partial charge in [0.1, 0.15) is 0 Å². The molecule has 0 saturated heterocycles. The summed E-state index contributed by atoms with van der Waals surface area (Å²) in [6, 6.07) is 0. The van der Waals surface area contributed by atoms with Gasteiger partial charge >= 0.3 is 5.97 Å². The Labute approximate surface area is 99.0 Å². The van der Waals surface area contributed by atoms with Crippen LogP contribution in [0.3, 0.4) is 0 Å². The third kappa shape index (κ3) is 2.82. The number of rotatable bonds is 6. The molecule has 1 N–H and O–H groups in total. The van der Waals surface area contributed by atoms with E-state index in [0.717, 1.165) is 19.3 Å². The molecule has 2 rings (SSSR count). The zero-order valence-corrected chi connectivity index (χ0v) is 9.81. The first kappa shape index (κ1) is 12.0. The van der Waals surface area contributed by atoms with Crippen LogP contribution in [0.5, 0.6) is 0 Å². The first-order valence-corrected chi connectivity index (χ1v) is 5.72. The van der Waals surface area contributed by atoms with Crippen molar-refractivity contribution in [3.63, 3.8) is 0 Å². The highest BCUT2D eigenvalue weighted by Gasteiger charge is 2.38. The fourth-order valence-corrected chi connectivity index (χ4v) is 1.97. The van der Waals surface area contributed by atoms with Crippen molar-refractivity contribution in [2.24, 2.45) is 0 Å². The van der Waals surface area contributed by atoms with Crippen LogP contribution in [-0.4, -0.2) is 34.0 Å². The Bertz CT molecular complexity index is 392. The average molecular weight is 240 g/mol. The van der Waals surface area contributed by atoms with Crippen molar-refractivity contribution in [2.45, 2.75) is 44.1 Å². The number of hydrogen-bond acceptors (Lipinski definition) is 5. The highest BCUT2D eigenvalue weighted by molar-refractivity contribution is 5.66. The van der Waals surface area contributed by atoms with Gasteiger partial charge < -0.3 is 14.3 Å². The number of carboxylic acids is 1. The first-order valence-electron chi connectivity index (χ1n) is 5.72. The van der Waals surface area contributed by atoms with Crippen LogP contribution in [0.4, 0.5) is 0 Å². The molecule has 1 fully saturated rings. The van der Waals surface area contributed by atoms with Crippen LogP contribution < -0.4 is 0 Å². The lowest BCUT2D eigenvalue weighted by atomic mass is 9.77. The van der Waals surface area contributed by atoms with E-state index in [1.807, 2.05) is 0 Å². The molecule has 0 aliphatic heterocycles. The molecule has 1 saturated carbocycles. The molecule has 17 heavy (non-hydrogen) atoms. The van der Waals surface area contributed by atoms with Gasteiger partial charge in [-0.05, 0) is 19.3 Å². The molecule has 0 unspecified atom stereocenters. The van der Waals surface area contributed by atoms with Crippen molar-refractivity contribution in [3.8, 4) is 0 Å². The van der Waals surface area contributed by atoms with Gasteiger partial charge in [0, 0.05) is 13.5 Å². The predicted octanol–water partition coefficient (Wildman–Crippen LogP) is 1.20. The number of aromatic nitrogens is 2. The Kier molecular flexibility index (Phi) is 3.42. The molecule has 1 aromatic rings. The summed E-state index contributed by atoms with van der Waals surface area (Å²) in [5, 5.41) is 16.3. The van der Waals surface area contributed by atoms with Crippen molar-refractivity contribution in [1.82, 2.24) is 10.2 Å². The monoisotopic (exact) mass is 240 g/mol. The number of aryl methyl sites for hydroxylation is 1. The van der Waals surface area contributed by atoms with Crippen LogP contribution in [0.1, 0.15) is 37.5 Å². The lowest BCUT2D eigenvalue weighted by Gasteiger charge is -2.39. The molecule has 0 aromatic carbocycles. The lowest BCUT2D eigenvalue weighted by Crippen LogP contribution is -2.41. The highest BCUT2D eigenvalue weighted by Crippen LogP contribution is 2.37. The third-order valence-electron chi connectivity index (χ3n) is 3.23. The fourth-order valence-electron chi connectivity index (χ4n) is 1.97. The van der Waals surface area contributed by atoms with Gasteiger partial charge in [-0.2, -0.15) is 0 Å². The quantitative estimate of drug-likeness (QED) is 0.804. The summed E-state index contributed by atoms with van der Waals surface area (Å²) in [5.41, 5.74) is -0.142. The van der Waals surface area contributed by atoms with E-state index < -0.39 is 5.97 Å². The summed E-state index contributed by atoms with van der Waals surface area (Å²) < 4.78 is 10.9. The summed E-state index contributed by atoms with van der Waals surface area (Å²) in [6.45, 7) is 0. The third-order valence-corrected chi connectivity index (χ3v) is 3.23. The van der Waals surface area contributed by atoms with E-state index in [9.17, 15) is 4.79 Å². The van der Waals surface area contributed by atoms with E-state index in [2.05, 4.69) is 10.2 Å². The first-order chi connectivity index (χ1) is 8.13. The Morgan fingerprint density at radius 1 is 1.47 bits per heavy atom. The van der Waals surface area contributed by atoms with Gasteiger partial charge in [0.05, 0.1) is 18.4 Å². The van der Waals surface area contributed by atoms with Crippen LogP contribution in [0.15, 0.2) is 4.42 Å². The van der Waals surface area contributed by atoms with E-state index >= 15 is 0 Å². The number of carboxylic acid groups (broad SMARTS) is 1. The van der Waals surface area contributed by atoms with E-state index in [1.54, 1.807) is 7.11 Å². The summed E-state index contributed by atoms with van der Waals surface area (Å²) in [7, 11) is 1.70. The average Bonchev–Trinajstić information content (AvgIpc) is 2.68. The minimum atomic E-state index is -0.864. The molecular weight excluding hydrogens is 224 g/mol. The lowest BCUT2D eigenvalue weighted by molar-refractivity contribution is -0.137. The predicted molar refractivity (Wildman–Crippen MR) is 57.5 cm³/mol. The summed E-state index contributed by atoms with van der Waals surface area (Å²) in [5.74, 6) is 0.0528. The molecule has 0 bridgehead atoms. The van der Waals surface area contributed by atoms with Crippen molar-refractivity contribution in [3.05, 3.63) is 11.8 Å². The molecule has 0 atom stereocenters. The topological polar surface area (TPSA) is 85.5 Å². The molecule has 0 radical (unpaired) electrons. The number of nitrogens with zero attached hydrogens (tertiary/aromatic N) is 2. The second-order valence-electron chi connectivity index (χ2n) is 4.40. The Balaban J connectivity index is 1.91. The van der Waals surface area contributed by atoms with Crippen molar-refractivity contribution in [1.29, 1.82) is 0 Å². The van der Waals surface area contributed by atoms with E-state index in [4.69, 9.17) is 14.3 Å². The number of ether oxygens (including phenoxy) is 1. The van der Waals surface area contributed by atoms with E-state index in [-0.39, 0.29) is 18.4 Å². The van der Waals surface area contributed by atoms with Crippen molar-refractivity contribution >= 4 is 5.97 Å². The highest BCUT2D eigenvalue weighted by atomic mass is 16.5. The summed E-state index contributed by atoms with van der Waals surface area (Å²) >= 11 is 0. The largest absolute Gasteiger partial charge is 0.481 e. The number of carbonyl (C=O) groups is 1. The molecule has 1 heterocycles. The van der Waals surface area contributed by atoms with Gasteiger partial charge in [-0.15, -0.1) is 10.2 Å². The molecule has 1 aromatic heterocycles. The minimum absolute atomic E-state index is 0.0110. The maximum Gasteiger partial charge on any atom is 0.303 e. The van der Waals surface area contributed by atoms with Crippen molar-refractivity contribution in [2.75, 3.05) is 7.11 Å². The van der Waals surface area contributed by atoms with Gasteiger partial charge in [-0.3, -0.25) is 4.79 Å². The van der Waals surface area contributed by atoms with E-state index in [0.29, 0.717) is 18.2 Å². The second kappa shape index (κ2) is 4.83. The Morgan fingerprint density at radius 2 is 2.18 bits per heavy atom. The van der Waals surface area contributed by atoms with Gasteiger partial charge in [-0.1, -0.05) is 0 Å². The van der Waals surface area contributed by atoms with E-state index in [1.165, 1.54) is 0 Å². The Hall–Kier alpha value is -1.43. The molecule has 0 spiro atoms. The molecule has 1 aliphatic rings. The molecule has 6 nitrogen and oxygen atoms in total.